The highest BCUT2D eigenvalue weighted by Crippen LogP contribution is 2.31. The number of aromatic hydroxyl groups is 1. The van der Waals surface area contributed by atoms with Crippen LogP contribution in [-0.2, 0) is 9.59 Å². The number of anilines is 1. The van der Waals surface area contributed by atoms with Crippen LogP contribution in [0.15, 0.2) is 35.9 Å². The molecular weight excluding hydrogens is 360 g/mol. The SMILES string of the molecule is COc1cc(C=C2C(=O)NC(=O)N(c3c(C)cc(C)cc3C)C2=O)ccc1O. The van der Waals surface area contributed by atoms with Crippen LogP contribution >= 0.6 is 0 Å². The van der Waals surface area contributed by atoms with E-state index in [4.69, 9.17) is 4.74 Å². The Bertz CT molecular complexity index is 1020. The Labute approximate surface area is 162 Å². The number of urea groups is 1. The monoisotopic (exact) mass is 380 g/mol. The molecule has 4 amide bonds. The van der Waals surface area contributed by atoms with E-state index in [-0.39, 0.29) is 17.1 Å². The fraction of sp³-hybridized carbons (Fsp3) is 0.190. The number of nitrogens with one attached hydrogen (secondary N) is 1. The van der Waals surface area contributed by atoms with Crippen molar-refractivity contribution in [3.63, 3.8) is 0 Å². The van der Waals surface area contributed by atoms with Crippen LogP contribution in [-0.4, -0.2) is 30.1 Å². The smallest absolute Gasteiger partial charge is 0.335 e. The summed E-state index contributed by atoms with van der Waals surface area (Å²) < 4.78 is 5.05. The highest BCUT2D eigenvalue weighted by molar-refractivity contribution is 6.39. The molecule has 0 spiro atoms. The van der Waals surface area contributed by atoms with Gasteiger partial charge in [0.15, 0.2) is 11.5 Å². The van der Waals surface area contributed by atoms with Crippen molar-refractivity contribution in [1.29, 1.82) is 0 Å². The Balaban J connectivity index is 2.09. The van der Waals surface area contributed by atoms with Crippen molar-refractivity contribution in [2.24, 2.45) is 0 Å². The van der Waals surface area contributed by atoms with E-state index in [9.17, 15) is 19.5 Å². The molecule has 2 aromatic carbocycles. The van der Waals surface area contributed by atoms with Crippen molar-refractivity contribution in [3.8, 4) is 11.5 Å². The number of barbiturate groups is 1. The number of nitrogens with zero attached hydrogens (tertiary/aromatic N) is 1. The minimum absolute atomic E-state index is 0.0632. The van der Waals surface area contributed by atoms with Gasteiger partial charge in [0.1, 0.15) is 5.57 Å². The van der Waals surface area contributed by atoms with Gasteiger partial charge in [-0.2, -0.15) is 0 Å². The molecule has 0 atom stereocenters. The topological polar surface area (TPSA) is 95.9 Å². The Hall–Kier alpha value is -3.61. The third-order valence-electron chi connectivity index (χ3n) is 4.48. The van der Waals surface area contributed by atoms with E-state index in [2.05, 4.69) is 5.32 Å². The van der Waals surface area contributed by atoms with E-state index in [0.717, 1.165) is 21.6 Å². The number of methoxy groups -OCH3 is 1. The van der Waals surface area contributed by atoms with Gasteiger partial charge < -0.3 is 9.84 Å². The molecule has 0 aromatic heterocycles. The molecule has 2 aromatic rings. The predicted molar refractivity (Wildman–Crippen MR) is 104 cm³/mol. The lowest BCUT2D eigenvalue weighted by Crippen LogP contribution is -2.54. The number of phenolic OH excluding ortho intramolecular Hbond substituents is 1. The highest BCUT2D eigenvalue weighted by Gasteiger charge is 2.38. The second-order valence-corrected chi connectivity index (χ2v) is 6.64. The van der Waals surface area contributed by atoms with Crippen molar-refractivity contribution >= 4 is 29.6 Å². The zero-order valence-corrected chi connectivity index (χ0v) is 16.0. The summed E-state index contributed by atoms with van der Waals surface area (Å²) in [4.78, 5) is 38.8. The minimum atomic E-state index is -0.787. The quantitative estimate of drug-likeness (QED) is 0.630. The van der Waals surface area contributed by atoms with Crippen LogP contribution in [0.1, 0.15) is 22.3 Å². The molecule has 28 heavy (non-hydrogen) atoms. The zero-order valence-electron chi connectivity index (χ0n) is 16.0. The van der Waals surface area contributed by atoms with Gasteiger partial charge in [-0.25, -0.2) is 9.69 Å². The van der Waals surface area contributed by atoms with Crippen molar-refractivity contribution in [2.45, 2.75) is 20.8 Å². The van der Waals surface area contributed by atoms with E-state index < -0.39 is 17.8 Å². The van der Waals surface area contributed by atoms with Crippen molar-refractivity contribution in [1.82, 2.24) is 5.32 Å². The lowest BCUT2D eigenvalue weighted by atomic mass is 10.0. The summed E-state index contributed by atoms with van der Waals surface area (Å²) in [6.45, 7) is 5.54. The fourth-order valence-electron chi connectivity index (χ4n) is 3.34. The first-order valence-electron chi connectivity index (χ1n) is 8.59. The number of aryl methyl sites for hydroxylation is 3. The largest absolute Gasteiger partial charge is 0.504 e. The summed E-state index contributed by atoms with van der Waals surface area (Å²) in [5.74, 6) is -1.35. The number of imide groups is 2. The van der Waals surface area contributed by atoms with Gasteiger partial charge in [-0.15, -0.1) is 0 Å². The number of phenols is 1. The number of carbonyl (C=O) groups excluding carboxylic acids is 3. The van der Waals surface area contributed by atoms with Gasteiger partial charge in [0.05, 0.1) is 12.8 Å². The molecule has 1 saturated heterocycles. The summed E-state index contributed by atoms with van der Waals surface area (Å²) in [5, 5.41) is 11.9. The van der Waals surface area contributed by atoms with Gasteiger partial charge in [0.2, 0.25) is 0 Å². The molecule has 0 saturated carbocycles. The Morgan fingerprint density at radius 1 is 1.04 bits per heavy atom. The number of amides is 4. The summed E-state index contributed by atoms with van der Waals surface area (Å²) in [6.07, 6.45) is 1.36. The molecule has 0 unspecified atom stereocenters. The molecule has 3 rings (SSSR count). The van der Waals surface area contributed by atoms with Crippen molar-refractivity contribution in [2.75, 3.05) is 12.0 Å². The first-order chi connectivity index (χ1) is 13.2. The molecule has 1 aliphatic heterocycles. The average molecular weight is 380 g/mol. The Morgan fingerprint density at radius 2 is 1.68 bits per heavy atom. The van der Waals surface area contributed by atoms with Crippen LogP contribution in [0.25, 0.3) is 6.08 Å². The molecule has 7 nitrogen and oxygen atoms in total. The first-order valence-corrected chi connectivity index (χ1v) is 8.59. The van der Waals surface area contributed by atoms with E-state index in [1.807, 2.05) is 19.1 Å². The molecule has 7 heteroatoms. The van der Waals surface area contributed by atoms with Crippen LogP contribution in [0.5, 0.6) is 11.5 Å². The summed E-state index contributed by atoms with van der Waals surface area (Å²) in [6, 6.07) is 7.38. The third kappa shape index (κ3) is 3.34. The number of carbonyl (C=O) groups is 3. The zero-order chi connectivity index (χ0) is 20.6. The lowest BCUT2D eigenvalue weighted by Gasteiger charge is -2.29. The molecular formula is C21H20N2O5. The van der Waals surface area contributed by atoms with Gasteiger partial charge in [-0.1, -0.05) is 23.8 Å². The number of rotatable bonds is 3. The van der Waals surface area contributed by atoms with Gasteiger partial charge >= 0.3 is 6.03 Å². The van der Waals surface area contributed by atoms with Gasteiger partial charge in [-0.05, 0) is 55.7 Å². The Morgan fingerprint density at radius 3 is 2.29 bits per heavy atom. The van der Waals surface area contributed by atoms with Crippen molar-refractivity contribution < 1.29 is 24.2 Å². The lowest BCUT2D eigenvalue weighted by molar-refractivity contribution is -0.122. The maximum absolute atomic E-state index is 13.1. The van der Waals surface area contributed by atoms with Crippen LogP contribution in [0.2, 0.25) is 0 Å². The second kappa shape index (κ2) is 7.19. The standard InChI is InChI=1S/C21H20N2O5/c1-11-7-12(2)18(13(3)8-11)23-20(26)15(19(25)22-21(23)27)9-14-5-6-16(24)17(10-14)28-4/h5-10,24H,1-4H3,(H,22,25,27). The molecule has 2 N–H and O–H groups in total. The molecule has 1 aliphatic rings. The second-order valence-electron chi connectivity index (χ2n) is 6.64. The number of ether oxygens (including phenoxy) is 1. The maximum Gasteiger partial charge on any atom is 0.335 e. The molecule has 0 bridgehead atoms. The van der Waals surface area contributed by atoms with E-state index >= 15 is 0 Å². The summed E-state index contributed by atoms with van der Waals surface area (Å²) in [5.41, 5.74) is 3.25. The van der Waals surface area contributed by atoms with E-state index in [1.54, 1.807) is 13.8 Å². The van der Waals surface area contributed by atoms with Crippen LogP contribution in [0.3, 0.4) is 0 Å². The average Bonchev–Trinajstić information content (AvgIpc) is 2.61. The van der Waals surface area contributed by atoms with E-state index in [0.29, 0.717) is 11.3 Å². The van der Waals surface area contributed by atoms with Crippen molar-refractivity contribution in [3.05, 3.63) is 58.2 Å². The van der Waals surface area contributed by atoms with Crippen LogP contribution in [0.4, 0.5) is 10.5 Å². The van der Waals surface area contributed by atoms with Gasteiger partial charge in [0.25, 0.3) is 11.8 Å². The first kappa shape index (κ1) is 19.2. The number of benzene rings is 2. The molecule has 1 fully saturated rings. The predicted octanol–water partition coefficient (Wildman–Crippen LogP) is 2.99. The molecule has 144 valence electrons. The summed E-state index contributed by atoms with van der Waals surface area (Å²) in [7, 11) is 1.40. The highest BCUT2D eigenvalue weighted by atomic mass is 16.5. The third-order valence-corrected chi connectivity index (χ3v) is 4.48. The molecule has 0 aliphatic carbocycles. The molecule has 0 radical (unpaired) electrons. The fourth-order valence-corrected chi connectivity index (χ4v) is 3.34. The Kier molecular flexibility index (Phi) is 4.92. The van der Waals surface area contributed by atoms with Crippen LogP contribution < -0.4 is 15.0 Å². The van der Waals surface area contributed by atoms with Gasteiger partial charge in [0, 0.05) is 0 Å². The summed E-state index contributed by atoms with van der Waals surface area (Å²) >= 11 is 0. The van der Waals surface area contributed by atoms with E-state index in [1.165, 1.54) is 31.4 Å². The number of hydrogen-bond acceptors (Lipinski definition) is 5. The minimum Gasteiger partial charge on any atom is -0.504 e. The van der Waals surface area contributed by atoms with Crippen LogP contribution in [0, 0.1) is 20.8 Å². The number of hydrogen-bond donors (Lipinski definition) is 2. The van der Waals surface area contributed by atoms with Gasteiger partial charge in [-0.3, -0.25) is 14.9 Å². The molecule has 1 heterocycles. The normalized spacial score (nSPS) is 15.8. The maximum atomic E-state index is 13.1.